The number of aryl methyl sites for hydroxylation is 1. The molecule has 9 nitrogen and oxygen atoms in total. The zero-order valence-electron chi connectivity index (χ0n) is 14.5. The van der Waals surface area contributed by atoms with Crippen LogP contribution in [0.3, 0.4) is 0 Å². The molecule has 1 aromatic rings. The number of carbonyl (C=O) groups excluding carboxylic acids is 2. The molecule has 1 aliphatic rings. The highest BCUT2D eigenvalue weighted by molar-refractivity contribution is 7.91. The number of hydrogen-bond donors (Lipinski definition) is 0. The van der Waals surface area contributed by atoms with E-state index in [4.69, 9.17) is 4.74 Å². The van der Waals surface area contributed by atoms with Gasteiger partial charge in [0.2, 0.25) is 0 Å². The van der Waals surface area contributed by atoms with Crippen molar-refractivity contribution in [2.45, 2.75) is 26.3 Å². The van der Waals surface area contributed by atoms with Gasteiger partial charge >= 0.3 is 5.97 Å². The molecule has 10 heteroatoms. The number of ether oxygens (including phenoxy) is 1. The Morgan fingerprint density at radius 1 is 1.38 bits per heavy atom. The highest BCUT2D eigenvalue weighted by Gasteiger charge is 2.34. The molecule has 0 radical (unpaired) electrons. The number of nitro benzene ring substituents is 1. The van der Waals surface area contributed by atoms with E-state index in [1.54, 1.807) is 6.92 Å². The van der Waals surface area contributed by atoms with E-state index < -0.39 is 39.3 Å². The Morgan fingerprint density at radius 2 is 2.08 bits per heavy atom. The molecule has 142 valence electrons. The van der Waals surface area contributed by atoms with Gasteiger partial charge < -0.3 is 9.64 Å². The standard InChI is InChI=1S/C16H20N2O7S/c1-3-17(13-6-7-26(23,24)10-13)15(19)9-25-16(20)12-4-5-14(18(21)22)11(2)8-12/h4-5,8,13H,3,6-7,9-10H2,1-2H3/t13-/m0/s1. The monoisotopic (exact) mass is 384 g/mol. The molecule has 0 aliphatic carbocycles. The van der Waals surface area contributed by atoms with E-state index in [1.165, 1.54) is 30.0 Å². The van der Waals surface area contributed by atoms with Gasteiger partial charge in [0.1, 0.15) is 0 Å². The Bertz CT molecular complexity index is 835. The fourth-order valence-corrected chi connectivity index (χ4v) is 4.67. The first-order chi connectivity index (χ1) is 12.1. The first-order valence-electron chi connectivity index (χ1n) is 8.06. The summed E-state index contributed by atoms with van der Waals surface area (Å²) in [5, 5.41) is 10.8. The second kappa shape index (κ2) is 7.81. The third-order valence-corrected chi connectivity index (χ3v) is 6.02. The highest BCUT2D eigenvalue weighted by Crippen LogP contribution is 2.20. The number of esters is 1. The van der Waals surface area contributed by atoms with Gasteiger partial charge in [0.05, 0.1) is 22.0 Å². The van der Waals surface area contributed by atoms with Crippen molar-refractivity contribution in [3.05, 3.63) is 39.4 Å². The predicted molar refractivity (Wildman–Crippen MR) is 92.6 cm³/mol. The number of hydrogen-bond acceptors (Lipinski definition) is 7. The molecule has 1 aromatic carbocycles. The molecule has 0 spiro atoms. The Labute approximate surface area is 151 Å². The summed E-state index contributed by atoms with van der Waals surface area (Å²) in [6, 6.07) is 3.39. The van der Waals surface area contributed by atoms with Crippen molar-refractivity contribution >= 4 is 27.4 Å². The Balaban J connectivity index is 1.98. The van der Waals surface area contributed by atoms with Crippen LogP contribution in [0.5, 0.6) is 0 Å². The molecule has 1 aliphatic heterocycles. The van der Waals surface area contributed by atoms with E-state index in [9.17, 15) is 28.1 Å². The first kappa shape index (κ1) is 19.8. The summed E-state index contributed by atoms with van der Waals surface area (Å²) in [6.45, 7) is 3.02. The van der Waals surface area contributed by atoms with Crippen LogP contribution in [0.2, 0.25) is 0 Å². The minimum atomic E-state index is -3.13. The number of rotatable bonds is 6. The maximum absolute atomic E-state index is 12.3. The summed E-state index contributed by atoms with van der Waals surface area (Å²) in [4.78, 5) is 36.0. The summed E-state index contributed by atoms with van der Waals surface area (Å²) in [7, 11) is -3.13. The van der Waals surface area contributed by atoms with Crippen molar-refractivity contribution in [3.63, 3.8) is 0 Å². The Hall–Kier alpha value is -2.49. The van der Waals surface area contributed by atoms with Crippen LogP contribution in [-0.4, -0.2) is 60.8 Å². The molecule has 0 N–H and O–H groups in total. The van der Waals surface area contributed by atoms with Crippen LogP contribution in [0, 0.1) is 17.0 Å². The molecule has 26 heavy (non-hydrogen) atoms. The SMILES string of the molecule is CCN(C(=O)COC(=O)c1ccc([N+](=O)[O-])c(C)c1)[C@H]1CCS(=O)(=O)C1. The van der Waals surface area contributed by atoms with Gasteiger partial charge in [0, 0.05) is 24.2 Å². The van der Waals surface area contributed by atoms with Gasteiger partial charge in [-0.3, -0.25) is 14.9 Å². The minimum Gasteiger partial charge on any atom is -0.452 e. The Morgan fingerprint density at radius 3 is 2.58 bits per heavy atom. The van der Waals surface area contributed by atoms with Gasteiger partial charge in [-0.2, -0.15) is 0 Å². The van der Waals surface area contributed by atoms with E-state index in [0.29, 0.717) is 18.5 Å². The van der Waals surface area contributed by atoms with Crippen molar-refractivity contribution < 1.29 is 27.7 Å². The summed E-state index contributed by atoms with van der Waals surface area (Å²) in [5.74, 6) is -1.28. The van der Waals surface area contributed by atoms with Crippen molar-refractivity contribution in [1.29, 1.82) is 0 Å². The molecule has 1 heterocycles. The molecule has 1 saturated heterocycles. The number of sulfone groups is 1. The molecule has 0 unspecified atom stereocenters. The zero-order valence-corrected chi connectivity index (χ0v) is 15.3. The van der Waals surface area contributed by atoms with E-state index in [-0.39, 0.29) is 22.8 Å². The van der Waals surface area contributed by atoms with Crippen molar-refractivity contribution in [2.24, 2.45) is 0 Å². The Kier molecular flexibility index (Phi) is 5.96. The summed E-state index contributed by atoms with van der Waals surface area (Å²) < 4.78 is 28.1. The highest BCUT2D eigenvalue weighted by atomic mass is 32.2. The smallest absolute Gasteiger partial charge is 0.338 e. The van der Waals surface area contributed by atoms with Crippen LogP contribution in [-0.2, 0) is 19.4 Å². The van der Waals surface area contributed by atoms with Crippen LogP contribution >= 0.6 is 0 Å². The lowest BCUT2D eigenvalue weighted by Gasteiger charge is -2.26. The van der Waals surface area contributed by atoms with Crippen LogP contribution in [0.4, 0.5) is 5.69 Å². The molecule has 0 saturated carbocycles. The lowest BCUT2D eigenvalue weighted by molar-refractivity contribution is -0.385. The quantitative estimate of drug-likeness (QED) is 0.408. The summed E-state index contributed by atoms with van der Waals surface area (Å²) in [5.41, 5.74) is 0.298. The van der Waals surface area contributed by atoms with Gasteiger partial charge in [-0.05, 0) is 32.4 Å². The maximum atomic E-state index is 12.3. The van der Waals surface area contributed by atoms with Crippen molar-refractivity contribution in [3.8, 4) is 0 Å². The molecule has 0 bridgehead atoms. The molecule has 1 atom stereocenters. The first-order valence-corrected chi connectivity index (χ1v) is 9.89. The van der Waals surface area contributed by atoms with E-state index >= 15 is 0 Å². The second-order valence-corrected chi connectivity index (χ2v) is 8.30. The number of nitrogens with zero attached hydrogens (tertiary/aromatic N) is 2. The minimum absolute atomic E-state index is 0.0449. The normalized spacial score (nSPS) is 18.3. The molecular formula is C16H20N2O7S. The fourth-order valence-electron chi connectivity index (χ4n) is 2.94. The van der Waals surface area contributed by atoms with Crippen LogP contribution in [0.15, 0.2) is 18.2 Å². The van der Waals surface area contributed by atoms with Crippen molar-refractivity contribution in [1.82, 2.24) is 4.90 Å². The molecule has 1 amide bonds. The predicted octanol–water partition coefficient (Wildman–Crippen LogP) is 1.10. The third kappa shape index (κ3) is 4.57. The molecular weight excluding hydrogens is 364 g/mol. The maximum Gasteiger partial charge on any atom is 0.338 e. The van der Waals surface area contributed by atoms with Gasteiger partial charge in [0.15, 0.2) is 16.4 Å². The topological polar surface area (TPSA) is 124 Å². The number of nitro groups is 1. The van der Waals surface area contributed by atoms with E-state index in [0.717, 1.165) is 0 Å². The van der Waals surface area contributed by atoms with Crippen molar-refractivity contribution in [2.75, 3.05) is 24.7 Å². The average Bonchev–Trinajstić information content (AvgIpc) is 2.92. The fraction of sp³-hybridized carbons (Fsp3) is 0.500. The summed E-state index contributed by atoms with van der Waals surface area (Å²) >= 11 is 0. The number of benzene rings is 1. The second-order valence-electron chi connectivity index (χ2n) is 6.07. The lowest BCUT2D eigenvalue weighted by Crippen LogP contribution is -2.43. The van der Waals surface area contributed by atoms with Crippen LogP contribution in [0.25, 0.3) is 0 Å². The molecule has 1 fully saturated rings. The lowest BCUT2D eigenvalue weighted by atomic mass is 10.1. The number of likely N-dealkylation sites (N-methyl/N-ethyl adjacent to an activating group) is 1. The van der Waals surface area contributed by atoms with Gasteiger partial charge in [-0.15, -0.1) is 0 Å². The number of carbonyl (C=O) groups is 2. The number of amides is 1. The van der Waals surface area contributed by atoms with Crippen LogP contribution < -0.4 is 0 Å². The molecule has 2 rings (SSSR count). The summed E-state index contributed by atoms with van der Waals surface area (Å²) in [6.07, 6.45) is 0.372. The van der Waals surface area contributed by atoms with E-state index in [2.05, 4.69) is 0 Å². The van der Waals surface area contributed by atoms with Gasteiger partial charge in [-0.25, -0.2) is 13.2 Å². The molecule has 0 aromatic heterocycles. The van der Waals surface area contributed by atoms with E-state index in [1.807, 2.05) is 0 Å². The van der Waals surface area contributed by atoms with Crippen LogP contribution in [0.1, 0.15) is 29.3 Å². The zero-order chi connectivity index (χ0) is 19.5. The van der Waals surface area contributed by atoms with Gasteiger partial charge in [-0.1, -0.05) is 0 Å². The van der Waals surface area contributed by atoms with Gasteiger partial charge in [0.25, 0.3) is 11.6 Å². The third-order valence-electron chi connectivity index (χ3n) is 4.27. The average molecular weight is 384 g/mol. The largest absolute Gasteiger partial charge is 0.452 e.